The zero-order valence-corrected chi connectivity index (χ0v) is 7.97. The van der Waals surface area contributed by atoms with Gasteiger partial charge in [0, 0.05) is 0 Å². The van der Waals surface area contributed by atoms with Gasteiger partial charge in [0.25, 0.3) is 0 Å². The number of amides is 1. The van der Waals surface area contributed by atoms with E-state index in [1.165, 1.54) is 0 Å². The number of rotatable bonds is 2. The molecule has 0 saturated carbocycles. The van der Waals surface area contributed by atoms with E-state index in [0.29, 0.717) is 0 Å². The minimum Gasteiger partial charge on any atom is -0.444 e. The minimum atomic E-state index is -0.479. The molecule has 72 valence electrons. The van der Waals surface area contributed by atoms with Crippen molar-refractivity contribution in [3.63, 3.8) is 0 Å². The van der Waals surface area contributed by atoms with Crippen LogP contribution in [0.2, 0.25) is 0 Å². The van der Waals surface area contributed by atoms with Crippen molar-refractivity contribution >= 4 is 6.09 Å². The first-order valence-corrected chi connectivity index (χ1v) is 3.81. The molecule has 0 radical (unpaired) electrons. The van der Waals surface area contributed by atoms with Crippen molar-refractivity contribution in [3.8, 4) is 0 Å². The SMILES string of the molecule is C[C@@H](NN)NC(=O)OC(C)(C)C. The molecule has 0 aliphatic heterocycles. The van der Waals surface area contributed by atoms with E-state index in [2.05, 4.69) is 10.7 Å². The Morgan fingerprint density at radius 3 is 2.33 bits per heavy atom. The Balaban J connectivity index is 3.75. The van der Waals surface area contributed by atoms with Gasteiger partial charge in [-0.3, -0.25) is 5.84 Å². The van der Waals surface area contributed by atoms with Crippen LogP contribution >= 0.6 is 0 Å². The fourth-order valence-electron chi connectivity index (χ4n) is 0.526. The van der Waals surface area contributed by atoms with Crippen LogP contribution in [0.5, 0.6) is 0 Å². The standard InChI is InChI=1S/C7H17N3O2/c1-5(10-8)9-6(11)12-7(2,3)4/h5,10H,8H2,1-4H3,(H,9,11)/t5-/m1/s1. The van der Waals surface area contributed by atoms with Gasteiger partial charge in [-0.25, -0.2) is 10.2 Å². The highest BCUT2D eigenvalue weighted by atomic mass is 16.6. The van der Waals surface area contributed by atoms with Crippen LogP contribution in [0.4, 0.5) is 4.79 Å². The molecule has 0 aliphatic rings. The molecule has 12 heavy (non-hydrogen) atoms. The third-order valence-electron chi connectivity index (χ3n) is 0.983. The number of nitrogens with one attached hydrogen (secondary N) is 2. The zero-order valence-electron chi connectivity index (χ0n) is 7.97. The first-order valence-electron chi connectivity index (χ1n) is 3.81. The van der Waals surface area contributed by atoms with E-state index in [1.54, 1.807) is 27.7 Å². The molecule has 4 N–H and O–H groups in total. The summed E-state index contributed by atoms with van der Waals surface area (Å²) in [5, 5.41) is 2.49. The molecule has 0 unspecified atom stereocenters. The quantitative estimate of drug-likeness (QED) is 0.321. The van der Waals surface area contributed by atoms with Crippen LogP contribution in [-0.2, 0) is 4.74 Å². The molecule has 1 amide bonds. The molecule has 0 bridgehead atoms. The van der Waals surface area contributed by atoms with E-state index >= 15 is 0 Å². The van der Waals surface area contributed by atoms with Gasteiger partial charge in [-0.05, 0) is 27.7 Å². The largest absolute Gasteiger partial charge is 0.444 e. The van der Waals surface area contributed by atoms with E-state index in [9.17, 15) is 4.79 Å². The second-order valence-corrected chi connectivity index (χ2v) is 3.53. The van der Waals surface area contributed by atoms with Crippen LogP contribution in [0, 0.1) is 0 Å². The van der Waals surface area contributed by atoms with Crippen molar-refractivity contribution < 1.29 is 9.53 Å². The third kappa shape index (κ3) is 5.94. The summed E-state index contributed by atoms with van der Waals surface area (Å²) >= 11 is 0. The van der Waals surface area contributed by atoms with Crippen molar-refractivity contribution in [2.75, 3.05) is 0 Å². The third-order valence-corrected chi connectivity index (χ3v) is 0.983. The normalized spacial score (nSPS) is 13.8. The fraction of sp³-hybridized carbons (Fsp3) is 0.857. The number of hydrogen-bond acceptors (Lipinski definition) is 4. The highest BCUT2D eigenvalue weighted by Gasteiger charge is 2.16. The number of ether oxygens (including phenoxy) is 1. The second-order valence-electron chi connectivity index (χ2n) is 3.53. The number of carbonyl (C=O) groups is 1. The smallest absolute Gasteiger partial charge is 0.408 e. The summed E-state index contributed by atoms with van der Waals surface area (Å²) in [6, 6.07) is 0. The number of alkyl carbamates (subject to hydrolysis) is 1. The van der Waals surface area contributed by atoms with Gasteiger partial charge in [-0.2, -0.15) is 0 Å². The first-order chi connectivity index (χ1) is 5.35. The molecular formula is C7H17N3O2. The van der Waals surface area contributed by atoms with Gasteiger partial charge in [0.05, 0.1) is 6.17 Å². The number of nitrogens with two attached hydrogens (primary N) is 1. The molecule has 0 saturated heterocycles. The van der Waals surface area contributed by atoms with Gasteiger partial charge in [-0.15, -0.1) is 0 Å². The predicted molar refractivity (Wildman–Crippen MR) is 46.2 cm³/mol. The number of carbonyl (C=O) groups excluding carboxylic acids is 1. The van der Waals surface area contributed by atoms with Gasteiger partial charge in [0.15, 0.2) is 0 Å². The van der Waals surface area contributed by atoms with Gasteiger partial charge in [0.1, 0.15) is 5.60 Å². The summed E-state index contributed by atoms with van der Waals surface area (Å²) in [5.74, 6) is 5.06. The van der Waals surface area contributed by atoms with Crippen LogP contribution in [-0.4, -0.2) is 17.9 Å². The number of hydrogen-bond donors (Lipinski definition) is 3. The first kappa shape index (κ1) is 11.2. The van der Waals surface area contributed by atoms with Crippen LogP contribution in [0.1, 0.15) is 27.7 Å². The van der Waals surface area contributed by atoms with Crippen LogP contribution < -0.4 is 16.6 Å². The maximum absolute atomic E-state index is 11.0. The topological polar surface area (TPSA) is 76.4 Å². The molecule has 1 atom stereocenters. The van der Waals surface area contributed by atoms with E-state index in [-0.39, 0.29) is 6.17 Å². The summed E-state index contributed by atoms with van der Waals surface area (Å²) in [6.07, 6.45) is -0.771. The lowest BCUT2D eigenvalue weighted by molar-refractivity contribution is 0.0500. The Hall–Kier alpha value is -0.810. The van der Waals surface area contributed by atoms with E-state index in [0.717, 1.165) is 0 Å². The van der Waals surface area contributed by atoms with E-state index in [4.69, 9.17) is 10.6 Å². The average Bonchev–Trinajstić information content (AvgIpc) is 1.82. The highest BCUT2D eigenvalue weighted by molar-refractivity contribution is 5.67. The summed E-state index contributed by atoms with van der Waals surface area (Å²) in [7, 11) is 0. The maximum atomic E-state index is 11.0. The summed E-state index contributed by atoms with van der Waals surface area (Å²) in [6.45, 7) is 7.11. The van der Waals surface area contributed by atoms with Crippen molar-refractivity contribution in [1.82, 2.24) is 10.7 Å². The maximum Gasteiger partial charge on any atom is 0.408 e. The summed E-state index contributed by atoms with van der Waals surface area (Å²) in [4.78, 5) is 11.0. The molecule has 5 heteroatoms. The minimum absolute atomic E-state index is 0.292. The molecule has 0 aromatic rings. The van der Waals surface area contributed by atoms with Crippen molar-refractivity contribution in [2.45, 2.75) is 39.5 Å². The Bertz CT molecular complexity index is 153. The lowest BCUT2D eigenvalue weighted by atomic mass is 10.2. The van der Waals surface area contributed by atoms with Gasteiger partial charge < -0.3 is 10.1 Å². The van der Waals surface area contributed by atoms with Gasteiger partial charge in [0.2, 0.25) is 0 Å². The van der Waals surface area contributed by atoms with E-state index in [1.807, 2.05) is 0 Å². The average molecular weight is 175 g/mol. The molecule has 0 aromatic heterocycles. The summed E-state index contributed by atoms with van der Waals surface area (Å²) < 4.78 is 4.96. The van der Waals surface area contributed by atoms with Crippen molar-refractivity contribution in [2.24, 2.45) is 5.84 Å². The predicted octanol–water partition coefficient (Wildman–Crippen LogP) is 0.320. The Kier molecular flexibility index (Phi) is 3.99. The molecule has 0 aromatic carbocycles. The fourth-order valence-corrected chi connectivity index (χ4v) is 0.526. The Morgan fingerprint density at radius 1 is 1.50 bits per heavy atom. The Labute approximate surface area is 72.6 Å². The van der Waals surface area contributed by atoms with Crippen LogP contribution in [0.15, 0.2) is 0 Å². The molecule has 0 aliphatic carbocycles. The van der Waals surface area contributed by atoms with Crippen LogP contribution in [0.25, 0.3) is 0 Å². The zero-order chi connectivity index (χ0) is 9.78. The second kappa shape index (κ2) is 4.27. The summed E-state index contributed by atoms with van der Waals surface area (Å²) in [5.41, 5.74) is 1.90. The lowest BCUT2D eigenvalue weighted by Crippen LogP contribution is -2.48. The van der Waals surface area contributed by atoms with Gasteiger partial charge in [-0.1, -0.05) is 0 Å². The molecule has 0 rings (SSSR count). The molecule has 0 fully saturated rings. The van der Waals surface area contributed by atoms with E-state index < -0.39 is 11.7 Å². The lowest BCUT2D eigenvalue weighted by Gasteiger charge is -2.21. The van der Waals surface area contributed by atoms with Crippen LogP contribution in [0.3, 0.4) is 0 Å². The molecule has 0 spiro atoms. The highest BCUT2D eigenvalue weighted by Crippen LogP contribution is 2.06. The van der Waals surface area contributed by atoms with Crippen molar-refractivity contribution in [1.29, 1.82) is 0 Å². The molecule has 0 heterocycles. The number of hydrazine groups is 1. The molecule has 5 nitrogen and oxygen atoms in total. The monoisotopic (exact) mass is 175 g/mol. The van der Waals surface area contributed by atoms with Gasteiger partial charge >= 0.3 is 6.09 Å². The Morgan fingerprint density at radius 2 is 2.00 bits per heavy atom. The molecular weight excluding hydrogens is 158 g/mol. The van der Waals surface area contributed by atoms with Crippen molar-refractivity contribution in [3.05, 3.63) is 0 Å².